The Morgan fingerprint density at radius 3 is 2.48 bits per heavy atom. The molecule has 3 N–H and O–H groups in total. The number of aryl methyl sites for hydroxylation is 1. The fourth-order valence-electron chi connectivity index (χ4n) is 2.40. The lowest BCUT2D eigenvalue weighted by Crippen LogP contribution is -2.38. The van der Waals surface area contributed by atoms with Crippen LogP contribution >= 0.6 is 0 Å². The van der Waals surface area contributed by atoms with Crippen LogP contribution in [-0.2, 0) is 10.0 Å². The smallest absolute Gasteiger partial charge is 0.335 e. The molecule has 0 atom stereocenters. The van der Waals surface area contributed by atoms with Crippen LogP contribution in [0.1, 0.15) is 34.3 Å². The summed E-state index contributed by atoms with van der Waals surface area (Å²) in [5.41, 5.74) is 1.12. The van der Waals surface area contributed by atoms with Gasteiger partial charge in [-0.3, -0.25) is 0 Å². The predicted octanol–water partition coefficient (Wildman–Crippen LogP) is 1.05. The van der Waals surface area contributed by atoms with Gasteiger partial charge < -0.3 is 10.2 Å². The molecule has 0 spiro atoms. The van der Waals surface area contributed by atoms with E-state index in [0.717, 1.165) is 0 Å². The molecular formula is C14H19NO5S. The van der Waals surface area contributed by atoms with E-state index in [4.69, 9.17) is 5.11 Å². The molecule has 1 saturated carbocycles. The molecule has 21 heavy (non-hydrogen) atoms. The summed E-state index contributed by atoms with van der Waals surface area (Å²) in [6.07, 6.45) is 0.851. The Hall–Kier alpha value is -1.44. The van der Waals surface area contributed by atoms with Gasteiger partial charge in [0.05, 0.1) is 16.6 Å². The third-order valence-electron chi connectivity index (χ3n) is 3.93. The molecule has 0 saturated heterocycles. The van der Waals surface area contributed by atoms with Gasteiger partial charge in [-0.15, -0.1) is 0 Å². The lowest BCUT2D eigenvalue weighted by molar-refractivity contribution is 0.0453. The number of carbonyl (C=O) groups is 1. The summed E-state index contributed by atoms with van der Waals surface area (Å²) in [6.45, 7) is 3.60. The van der Waals surface area contributed by atoms with E-state index in [2.05, 4.69) is 4.72 Å². The number of hydrogen-bond acceptors (Lipinski definition) is 4. The quantitative estimate of drug-likeness (QED) is 0.754. The van der Waals surface area contributed by atoms with Crippen molar-refractivity contribution >= 4 is 16.0 Å². The Morgan fingerprint density at radius 2 is 1.95 bits per heavy atom. The van der Waals surface area contributed by atoms with E-state index in [1.807, 2.05) is 0 Å². The standard InChI is InChI=1S/C14H19NO5S/c1-8-3-11(14(17)18)6-13(9(8)2)21(19,20)15-7-10-4-12(16)5-10/h3,6,10,12,15-16H,4-5,7H2,1-2H3,(H,17,18). The van der Waals surface area contributed by atoms with Crippen molar-refractivity contribution in [2.45, 2.75) is 37.7 Å². The molecule has 0 unspecified atom stereocenters. The molecule has 0 aliphatic heterocycles. The molecule has 1 fully saturated rings. The van der Waals surface area contributed by atoms with Crippen molar-refractivity contribution < 1.29 is 23.4 Å². The Labute approximate surface area is 123 Å². The molecule has 1 aliphatic rings. The van der Waals surface area contributed by atoms with Crippen LogP contribution in [0.25, 0.3) is 0 Å². The van der Waals surface area contributed by atoms with E-state index >= 15 is 0 Å². The summed E-state index contributed by atoms with van der Waals surface area (Å²) in [5.74, 6) is -1.02. The zero-order valence-corrected chi connectivity index (χ0v) is 12.8. The number of carboxylic acid groups (broad SMARTS) is 1. The highest BCUT2D eigenvalue weighted by atomic mass is 32.2. The second kappa shape index (κ2) is 5.75. The zero-order chi connectivity index (χ0) is 15.8. The van der Waals surface area contributed by atoms with Crippen LogP contribution in [0.2, 0.25) is 0 Å². The van der Waals surface area contributed by atoms with Gasteiger partial charge in [0.25, 0.3) is 0 Å². The first-order valence-electron chi connectivity index (χ1n) is 6.73. The van der Waals surface area contributed by atoms with Crippen molar-refractivity contribution in [1.29, 1.82) is 0 Å². The summed E-state index contributed by atoms with van der Waals surface area (Å²) in [7, 11) is -3.75. The van der Waals surface area contributed by atoms with Gasteiger partial charge in [-0.2, -0.15) is 0 Å². The number of aliphatic hydroxyl groups is 1. The summed E-state index contributed by atoms with van der Waals surface area (Å²) in [4.78, 5) is 11.1. The molecular weight excluding hydrogens is 294 g/mol. The van der Waals surface area contributed by atoms with Crippen LogP contribution < -0.4 is 4.72 Å². The molecule has 6 nitrogen and oxygen atoms in total. The summed E-state index contributed by atoms with van der Waals surface area (Å²) in [6, 6.07) is 2.64. The summed E-state index contributed by atoms with van der Waals surface area (Å²) < 4.78 is 27.2. The van der Waals surface area contributed by atoms with E-state index in [9.17, 15) is 18.3 Å². The third kappa shape index (κ3) is 3.42. The molecule has 1 aromatic rings. The zero-order valence-electron chi connectivity index (χ0n) is 12.0. The van der Waals surface area contributed by atoms with Crippen LogP contribution in [0.15, 0.2) is 17.0 Å². The van der Waals surface area contributed by atoms with Gasteiger partial charge in [0, 0.05) is 6.54 Å². The number of hydrogen-bond donors (Lipinski definition) is 3. The second-order valence-corrected chi connectivity index (χ2v) is 7.30. The predicted molar refractivity (Wildman–Crippen MR) is 76.8 cm³/mol. The second-order valence-electron chi connectivity index (χ2n) is 5.56. The SMILES string of the molecule is Cc1cc(C(=O)O)cc(S(=O)(=O)NCC2CC(O)C2)c1C. The monoisotopic (exact) mass is 313 g/mol. The third-order valence-corrected chi connectivity index (χ3v) is 5.48. The number of nitrogens with one attached hydrogen (secondary N) is 1. The first-order chi connectivity index (χ1) is 9.70. The van der Waals surface area contributed by atoms with E-state index < -0.39 is 16.0 Å². The van der Waals surface area contributed by atoms with E-state index in [0.29, 0.717) is 24.0 Å². The molecule has 2 rings (SSSR count). The van der Waals surface area contributed by atoms with Gasteiger partial charge in [-0.1, -0.05) is 0 Å². The van der Waals surface area contributed by atoms with Crippen molar-refractivity contribution in [3.63, 3.8) is 0 Å². The highest BCUT2D eigenvalue weighted by molar-refractivity contribution is 7.89. The molecule has 0 radical (unpaired) electrons. The van der Waals surface area contributed by atoms with Gasteiger partial charge in [-0.25, -0.2) is 17.9 Å². The average molecular weight is 313 g/mol. The number of sulfonamides is 1. The number of rotatable bonds is 5. The number of carboxylic acids is 1. The van der Waals surface area contributed by atoms with Gasteiger partial charge in [0.15, 0.2) is 0 Å². The van der Waals surface area contributed by atoms with E-state index in [1.165, 1.54) is 12.1 Å². The lowest BCUT2D eigenvalue weighted by atomic mass is 9.83. The highest BCUT2D eigenvalue weighted by Gasteiger charge is 2.29. The Bertz CT molecular complexity index is 662. The molecule has 7 heteroatoms. The molecule has 1 aromatic carbocycles. The Kier molecular flexibility index (Phi) is 4.36. The minimum absolute atomic E-state index is 0.000211. The molecule has 0 heterocycles. The van der Waals surface area contributed by atoms with Crippen LogP contribution in [0, 0.1) is 19.8 Å². The minimum atomic E-state index is -3.75. The fourth-order valence-corrected chi connectivity index (χ4v) is 3.86. The van der Waals surface area contributed by atoms with Crippen LogP contribution in [0.3, 0.4) is 0 Å². The molecule has 1 aliphatic carbocycles. The largest absolute Gasteiger partial charge is 0.478 e. The minimum Gasteiger partial charge on any atom is -0.478 e. The topological polar surface area (TPSA) is 104 Å². The maximum atomic E-state index is 12.3. The average Bonchev–Trinajstić information content (AvgIpc) is 2.35. The maximum Gasteiger partial charge on any atom is 0.335 e. The first kappa shape index (κ1) is 15.9. The van der Waals surface area contributed by atoms with Gasteiger partial charge in [0.2, 0.25) is 10.0 Å². The van der Waals surface area contributed by atoms with Crippen molar-refractivity contribution in [1.82, 2.24) is 4.72 Å². The molecule has 0 amide bonds. The van der Waals surface area contributed by atoms with Crippen molar-refractivity contribution in [2.75, 3.05) is 6.54 Å². The van der Waals surface area contributed by atoms with Crippen molar-refractivity contribution in [2.24, 2.45) is 5.92 Å². The number of aromatic carboxylic acids is 1. The summed E-state index contributed by atoms with van der Waals surface area (Å²) in [5, 5.41) is 18.2. The van der Waals surface area contributed by atoms with E-state index in [1.54, 1.807) is 13.8 Å². The van der Waals surface area contributed by atoms with Gasteiger partial charge >= 0.3 is 5.97 Å². The Morgan fingerprint density at radius 1 is 1.33 bits per heavy atom. The van der Waals surface area contributed by atoms with Crippen LogP contribution in [-0.4, -0.2) is 37.2 Å². The number of aliphatic hydroxyl groups excluding tert-OH is 1. The molecule has 0 bridgehead atoms. The fraction of sp³-hybridized carbons (Fsp3) is 0.500. The molecule has 116 valence electrons. The van der Waals surface area contributed by atoms with Gasteiger partial charge in [0.1, 0.15) is 0 Å². The number of benzene rings is 1. The van der Waals surface area contributed by atoms with Crippen LogP contribution in [0.4, 0.5) is 0 Å². The normalized spacial score (nSPS) is 21.9. The Balaban J connectivity index is 2.24. The highest BCUT2D eigenvalue weighted by Crippen LogP contribution is 2.27. The first-order valence-corrected chi connectivity index (χ1v) is 8.21. The van der Waals surface area contributed by atoms with Crippen molar-refractivity contribution in [3.8, 4) is 0 Å². The maximum absolute atomic E-state index is 12.3. The van der Waals surface area contributed by atoms with Crippen LogP contribution in [0.5, 0.6) is 0 Å². The molecule has 0 aromatic heterocycles. The van der Waals surface area contributed by atoms with Crippen molar-refractivity contribution in [3.05, 3.63) is 28.8 Å². The lowest BCUT2D eigenvalue weighted by Gasteiger charge is -2.31. The summed E-state index contributed by atoms with van der Waals surface area (Å²) >= 11 is 0. The van der Waals surface area contributed by atoms with E-state index in [-0.39, 0.29) is 29.0 Å². The van der Waals surface area contributed by atoms with Gasteiger partial charge in [-0.05, 0) is 55.9 Å².